The first-order chi connectivity index (χ1) is 7.01. The van der Waals surface area contributed by atoms with Gasteiger partial charge in [-0.2, -0.15) is 13.2 Å². The minimum atomic E-state index is -4.17. The maximum absolute atomic E-state index is 11.8. The Bertz CT molecular complexity index is 271. The summed E-state index contributed by atoms with van der Waals surface area (Å²) >= 11 is 0. The fourth-order valence-electron chi connectivity index (χ4n) is 1.03. The van der Waals surface area contributed by atoms with Gasteiger partial charge in [-0.3, -0.25) is 0 Å². The fourth-order valence-corrected chi connectivity index (χ4v) is 1.03. The average Bonchev–Trinajstić information content (AvgIpc) is 2.17. The Labute approximate surface area is 85.8 Å². The van der Waals surface area contributed by atoms with Gasteiger partial charge in [-0.15, -0.1) is 0 Å². The molecule has 0 aliphatic carbocycles. The van der Waals surface area contributed by atoms with Crippen LogP contribution in [0.3, 0.4) is 0 Å². The molecule has 1 aliphatic rings. The van der Waals surface area contributed by atoms with Crippen LogP contribution in [0.25, 0.3) is 0 Å². The third-order valence-electron chi connectivity index (χ3n) is 1.87. The highest BCUT2D eigenvalue weighted by Crippen LogP contribution is 2.19. The van der Waals surface area contributed by atoms with Gasteiger partial charge >= 0.3 is 6.18 Å². The molecule has 0 amide bonds. The van der Waals surface area contributed by atoms with Crippen molar-refractivity contribution in [3.8, 4) is 0 Å². The SMILES string of the molecule is NCC1=CC=C(OCCC(F)(F)F)NC1. The van der Waals surface area contributed by atoms with Gasteiger partial charge in [0.2, 0.25) is 0 Å². The highest BCUT2D eigenvalue weighted by molar-refractivity contribution is 5.21. The Morgan fingerprint density at radius 2 is 2.13 bits per heavy atom. The Kier molecular flexibility index (Phi) is 4.02. The van der Waals surface area contributed by atoms with E-state index in [0.717, 1.165) is 5.57 Å². The second-order valence-corrected chi connectivity index (χ2v) is 3.13. The van der Waals surface area contributed by atoms with Gasteiger partial charge in [-0.05, 0) is 11.6 Å². The Balaban J connectivity index is 2.29. The number of halogens is 3. The van der Waals surface area contributed by atoms with Gasteiger partial charge < -0.3 is 15.8 Å². The first kappa shape index (κ1) is 11.9. The number of dihydropyridines is 1. The molecule has 1 rings (SSSR count). The van der Waals surface area contributed by atoms with Gasteiger partial charge in [-0.1, -0.05) is 6.08 Å². The number of rotatable bonds is 4. The van der Waals surface area contributed by atoms with Crippen molar-refractivity contribution in [2.75, 3.05) is 19.7 Å². The molecule has 0 radical (unpaired) electrons. The fraction of sp³-hybridized carbons (Fsp3) is 0.556. The number of hydrogen-bond acceptors (Lipinski definition) is 3. The summed E-state index contributed by atoms with van der Waals surface area (Å²) in [5.74, 6) is 0.358. The molecule has 1 heterocycles. The van der Waals surface area contributed by atoms with E-state index in [-0.39, 0.29) is 6.61 Å². The zero-order valence-electron chi connectivity index (χ0n) is 8.10. The molecule has 86 valence electrons. The zero-order valence-corrected chi connectivity index (χ0v) is 8.10. The normalized spacial score (nSPS) is 16.5. The molecular weight excluding hydrogens is 209 g/mol. The van der Waals surface area contributed by atoms with Crippen molar-refractivity contribution >= 4 is 0 Å². The standard InChI is InChI=1S/C9H13F3N2O/c10-9(11,12)3-4-15-8-2-1-7(5-13)6-14-8/h1-2,14H,3-6,13H2. The summed E-state index contributed by atoms with van der Waals surface area (Å²) in [4.78, 5) is 0. The second-order valence-electron chi connectivity index (χ2n) is 3.13. The quantitative estimate of drug-likeness (QED) is 0.753. The molecule has 0 saturated heterocycles. The molecule has 3 nitrogen and oxygen atoms in total. The van der Waals surface area contributed by atoms with Crippen LogP contribution in [0.5, 0.6) is 0 Å². The van der Waals surface area contributed by atoms with Crippen LogP contribution in [0.2, 0.25) is 0 Å². The predicted molar refractivity (Wildman–Crippen MR) is 49.8 cm³/mol. The Morgan fingerprint density at radius 1 is 1.40 bits per heavy atom. The van der Waals surface area contributed by atoms with Gasteiger partial charge in [0, 0.05) is 13.1 Å². The van der Waals surface area contributed by atoms with E-state index in [1.54, 1.807) is 12.2 Å². The van der Waals surface area contributed by atoms with Crippen LogP contribution >= 0.6 is 0 Å². The van der Waals surface area contributed by atoms with E-state index in [9.17, 15) is 13.2 Å². The third-order valence-corrected chi connectivity index (χ3v) is 1.87. The van der Waals surface area contributed by atoms with Gasteiger partial charge in [0.1, 0.15) is 0 Å². The van der Waals surface area contributed by atoms with Crippen LogP contribution in [-0.4, -0.2) is 25.9 Å². The highest BCUT2D eigenvalue weighted by Gasteiger charge is 2.27. The summed E-state index contributed by atoms with van der Waals surface area (Å²) in [6, 6.07) is 0. The average molecular weight is 222 g/mol. The van der Waals surface area contributed by atoms with Crippen LogP contribution in [0, 0.1) is 0 Å². The maximum atomic E-state index is 11.8. The molecule has 0 aromatic carbocycles. The lowest BCUT2D eigenvalue weighted by Gasteiger charge is -2.17. The van der Waals surface area contributed by atoms with E-state index >= 15 is 0 Å². The van der Waals surface area contributed by atoms with Crippen LogP contribution in [0.15, 0.2) is 23.6 Å². The lowest BCUT2D eigenvalue weighted by molar-refractivity contribution is -0.142. The summed E-state index contributed by atoms with van der Waals surface area (Å²) in [6.07, 6.45) is -1.78. The lowest BCUT2D eigenvalue weighted by atomic mass is 10.2. The van der Waals surface area contributed by atoms with Crippen LogP contribution < -0.4 is 11.1 Å². The molecule has 0 unspecified atom stereocenters. The number of allylic oxidation sites excluding steroid dienone is 2. The van der Waals surface area contributed by atoms with Gasteiger partial charge in [0.05, 0.1) is 13.0 Å². The third kappa shape index (κ3) is 4.73. The van der Waals surface area contributed by atoms with Crippen LogP contribution in [-0.2, 0) is 4.74 Å². The zero-order chi connectivity index (χ0) is 11.3. The monoisotopic (exact) mass is 222 g/mol. The van der Waals surface area contributed by atoms with E-state index < -0.39 is 12.6 Å². The predicted octanol–water partition coefficient (Wildman–Crippen LogP) is 1.29. The summed E-state index contributed by atoms with van der Waals surface area (Å²) in [7, 11) is 0. The van der Waals surface area contributed by atoms with Gasteiger partial charge in [0.15, 0.2) is 5.88 Å². The topological polar surface area (TPSA) is 47.3 Å². The van der Waals surface area contributed by atoms with E-state index in [2.05, 4.69) is 5.32 Å². The number of ether oxygens (including phenoxy) is 1. The molecule has 6 heteroatoms. The van der Waals surface area contributed by atoms with Gasteiger partial charge in [0.25, 0.3) is 0 Å². The van der Waals surface area contributed by atoms with Crippen molar-refractivity contribution < 1.29 is 17.9 Å². The molecular formula is C9H13F3N2O. The largest absolute Gasteiger partial charge is 0.479 e. The van der Waals surface area contributed by atoms with E-state index in [0.29, 0.717) is 19.0 Å². The molecule has 3 N–H and O–H groups in total. The summed E-state index contributed by atoms with van der Waals surface area (Å²) in [5.41, 5.74) is 6.36. The van der Waals surface area contributed by atoms with Crippen molar-refractivity contribution in [2.45, 2.75) is 12.6 Å². The van der Waals surface area contributed by atoms with Crippen molar-refractivity contribution in [2.24, 2.45) is 5.73 Å². The first-order valence-corrected chi connectivity index (χ1v) is 4.54. The highest BCUT2D eigenvalue weighted by atomic mass is 19.4. The maximum Gasteiger partial charge on any atom is 0.392 e. The summed E-state index contributed by atoms with van der Waals surface area (Å²) < 4.78 is 40.2. The minimum Gasteiger partial charge on any atom is -0.479 e. The van der Waals surface area contributed by atoms with E-state index in [4.69, 9.17) is 10.5 Å². The summed E-state index contributed by atoms with van der Waals surface area (Å²) in [5, 5.41) is 2.83. The van der Waals surface area contributed by atoms with Gasteiger partial charge in [-0.25, -0.2) is 0 Å². The Hall–Kier alpha value is -1.17. The van der Waals surface area contributed by atoms with E-state index in [1.807, 2.05) is 0 Å². The molecule has 0 atom stereocenters. The van der Waals surface area contributed by atoms with E-state index in [1.165, 1.54) is 0 Å². The molecule has 0 fully saturated rings. The number of hydrogen-bond donors (Lipinski definition) is 2. The van der Waals surface area contributed by atoms with Crippen molar-refractivity contribution in [3.05, 3.63) is 23.6 Å². The Morgan fingerprint density at radius 3 is 2.60 bits per heavy atom. The number of alkyl halides is 3. The van der Waals surface area contributed by atoms with Crippen molar-refractivity contribution in [1.82, 2.24) is 5.32 Å². The number of nitrogens with one attached hydrogen (secondary N) is 1. The molecule has 0 spiro atoms. The molecule has 0 saturated carbocycles. The smallest absolute Gasteiger partial charge is 0.392 e. The van der Waals surface area contributed by atoms with Crippen molar-refractivity contribution in [3.63, 3.8) is 0 Å². The van der Waals surface area contributed by atoms with Crippen molar-refractivity contribution in [1.29, 1.82) is 0 Å². The van der Waals surface area contributed by atoms with Crippen LogP contribution in [0.4, 0.5) is 13.2 Å². The van der Waals surface area contributed by atoms with Crippen LogP contribution in [0.1, 0.15) is 6.42 Å². The molecule has 15 heavy (non-hydrogen) atoms. The second kappa shape index (κ2) is 5.06. The molecule has 0 bridgehead atoms. The molecule has 0 aromatic heterocycles. The molecule has 1 aliphatic heterocycles. The summed E-state index contributed by atoms with van der Waals surface area (Å²) in [6.45, 7) is 0.585. The minimum absolute atomic E-state index is 0.358. The number of nitrogens with two attached hydrogens (primary N) is 1. The first-order valence-electron chi connectivity index (χ1n) is 4.54. The molecule has 0 aromatic rings. The lowest BCUT2D eigenvalue weighted by Crippen LogP contribution is -2.25.